The van der Waals surface area contributed by atoms with Crippen molar-refractivity contribution in [3.05, 3.63) is 23.9 Å². The highest BCUT2D eigenvalue weighted by Gasteiger charge is 2.54. The number of aromatic nitrogens is 1. The van der Waals surface area contributed by atoms with Crippen LogP contribution in [0.15, 0.2) is 18.3 Å². The Morgan fingerprint density at radius 2 is 2.23 bits per heavy atom. The van der Waals surface area contributed by atoms with E-state index in [9.17, 15) is 23.1 Å². The topological polar surface area (TPSA) is 62.7 Å². The lowest BCUT2D eigenvalue weighted by Crippen LogP contribution is -2.46. The molecule has 0 spiro atoms. The molecule has 5 nitrogen and oxygen atoms in total. The van der Waals surface area contributed by atoms with E-state index in [0.717, 1.165) is 12.3 Å². The average Bonchev–Trinajstić information content (AvgIpc) is 2.87. The molecule has 2 saturated heterocycles. The number of nitrogens with zero attached hydrogens (tertiary/aromatic N) is 2. The van der Waals surface area contributed by atoms with Gasteiger partial charge >= 0.3 is 12.1 Å². The SMILES string of the molecule is O=C(O)[C@]12COCC[C@H]1CN(c1ccc(C(F)(F)F)cn1)C2. The maximum Gasteiger partial charge on any atom is 0.417 e. The van der Waals surface area contributed by atoms with Crippen molar-refractivity contribution in [1.82, 2.24) is 4.98 Å². The molecule has 120 valence electrons. The molecule has 8 heteroatoms. The second kappa shape index (κ2) is 5.12. The predicted molar refractivity (Wildman–Crippen MR) is 70.4 cm³/mol. The molecule has 0 radical (unpaired) electrons. The Balaban J connectivity index is 1.83. The molecule has 2 aliphatic heterocycles. The third-order valence-electron chi connectivity index (χ3n) is 4.49. The van der Waals surface area contributed by atoms with E-state index >= 15 is 0 Å². The number of halogens is 3. The molecule has 1 N–H and O–H groups in total. The number of aliphatic carboxylic acids is 1. The first-order valence-electron chi connectivity index (χ1n) is 6.92. The van der Waals surface area contributed by atoms with Crippen LogP contribution in [0.5, 0.6) is 0 Å². The Morgan fingerprint density at radius 1 is 1.45 bits per heavy atom. The van der Waals surface area contributed by atoms with E-state index in [0.29, 0.717) is 25.4 Å². The molecule has 2 fully saturated rings. The van der Waals surface area contributed by atoms with E-state index in [-0.39, 0.29) is 19.1 Å². The molecule has 1 aromatic heterocycles. The molecule has 0 bridgehead atoms. The van der Waals surface area contributed by atoms with Crippen molar-refractivity contribution in [3.8, 4) is 0 Å². The van der Waals surface area contributed by atoms with Gasteiger partial charge in [-0.05, 0) is 24.5 Å². The molecule has 22 heavy (non-hydrogen) atoms. The van der Waals surface area contributed by atoms with Crippen LogP contribution in [0.3, 0.4) is 0 Å². The largest absolute Gasteiger partial charge is 0.481 e. The minimum atomic E-state index is -4.43. The smallest absolute Gasteiger partial charge is 0.417 e. The van der Waals surface area contributed by atoms with Gasteiger partial charge in [-0.1, -0.05) is 0 Å². The normalized spacial score (nSPS) is 28.5. The van der Waals surface area contributed by atoms with Crippen molar-refractivity contribution in [2.75, 3.05) is 31.2 Å². The van der Waals surface area contributed by atoms with Gasteiger partial charge in [-0.3, -0.25) is 4.79 Å². The number of rotatable bonds is 2. The van der Waals surface area contributed by atoms with Crippen LogP contribution < -0.4 is 4.90 Å². The number of pyridine rings is 1. The van der Waals surface area contributed by atoms with Crippen LogP contribution in [-0.4, -0.2) is 42.4 Å². The molecule has 0 aromatic carbocycles. The first-order valence-corrected chi connectivity index (χ1v) is 6.92. The van der Waals surface area contributed by atoms with Crippen molar-refractivity contribution < 1.29 is 27.8 Å². The molecule has 2 aliphatic rings. The van der Waals surface area contributed by atoms with Crippen LogP contribution in [0.25, 0.3) is 0 Å². The van der Waals surface area contributed by atoms with Crippen LogP contribution in [0.2, 0.25) is 0 Å². The van der Waals surface area contributed by atoms with E-state index in [2.05, 4.69) is 4.98 Å². The summed E-state index contributed by atoms with van der Waals surface area (Å²) in [6, 6.07) is 2.25. The van der Waals surface area contributed by atoms with E-state index in [4.69, 9.17) is 4.74 Å². The number of ether oxygens (including phenoxy) is 1. The molecule has 0 saturated carbocycles. The van der Waals surface area contributed by atoms with Crippen molar-refractivity contribution in [2.24, 2.45) is 11.3 Å². The van der Waals surface area contributed by atoms with Gasteiger partial charge in [0.15, 0.2) is 0 Å². The van der Waals surface area contributed by atoms with Gasteiger partial charge in [0.25, 0.3) is 0 Å². The highest BCUT2D eigenvalue weighted by molar-refractivity contribution is 5.77. The van der Waals surface area contributed by atoms with Gasteiger partial charge in [0.05, 0.1) is 12.2 Å². The summed E-state index contributed by atoms with van der Waals surface area (Å²) in [5.41, 5.74) is -1.81. The van der Waals surface area contributed by atoms with Crippen molar-refractivity contribution in [2.45, 2.75) is 12.6 Å². The number of carboxylic acid groups (broad SMARTS) is 1. The summed E-state index contributed by atoms with van der Waals surface area (Å²) in [5.74, 6) is -0.641. The lowest BCUT2D eigenvalue weighted by atomic mass is 9.76. The number of hydrogen-bond donors (Lipinski definition) is 1. The number of fused-ring (bicyclic) bond motifs is 1. The lowest BCUT2D eigenvalue weighted by Gasteiger charge is -2.33. The van der Waals surface area contributed by atoms with Crippen LogP contribution >= 0.6 is 0 Å². The van der Waals surface area contributed by atoms with Gasteiger partial charge in [0.1, 0.15) is 11.2 Å². The molecule has 3 heterocycles. The van der Waals surface area contributed by atoms with Crippen LogP contribution in [-0.2, 0) is 15.7 Å². The third kappa shape index (κ3) is 2.41. The molecule has 3 rings (SSSR count). The summed E-state index contributed by atoms with van der Waals surface area (Å²) in [6.45, 7) is 1.30. The van der Waals surface area contributed by atoms with Crippen molar-refractivity contribution in [3.63, 3.8) is 0 Å². The molecule has 0 aliphatic carbocycles. The second-order valence-corrected chi connectivity index (χ2v) is 5.78. The van der Waals surface area contributed by atoms with Gasteiger partial charge in [0, 0.05) is 25.9 Å². The zero-order valence-electron chi connectivity index (χ0n) is 11.6. The second-order valence-electron chi connectivity index (χ2n) is 5.78. The maximum absolute atomic E-state index is 12.6. The number of carboxylic acids is 1. The van der Waals surface area contributed by atoms with Gasteiger partial charge in [-0.25, -0.2) is 4.98 Å². The Morgan fingerprint density at radius 3 is 2.77 bits per heavy atom. The standard InChI is InChI=1S/C14H15F3N2O3/c15-14(16,17)9-1-2-11(18-5-9)19-6-10-3-4-22-8-13(10,7-19)12(20)21/h1-2,5,10H,3-4,6-8H2,(H,20,21)/t10-,13+/m0/s1. The van der Waals surface area contributed by atoms with E-state index in [1.54, 1.807) is 4.90 Å². The van der Waals surface area contributed by atoms with E-state index in [1.165, 1.54) is 6.07 Å². The molecule has 0 unspecified atom stereocenters. The maximum atomic E-state index is 12.6. The Labute approximate surface area is 124 Å². The van der Waals surface area contributed by atoms with Gasteiger partial charge in [-0.15, -0.1) is 0 Å². The van der Waals surface area contributed by atoms with Crippen molar-refractivity contribution >= 4 is 11.8 Å². The fourth-order valence-electron chi connectivity index (χ4n) is 3.21. The lowest BCUT2D eigenvalue weighted by molar-refractivity contribution is -0.159. The number of anilines is 1. The van der Waals surface area contributed by atoms with Crippen LogP contribution in [0.1, 0.15) is 12.0 Å². The molecule has 0 amide bonds. The van der Waals surface area contributed by atoms with Crippen molar-refractivity contribution in [1.29, 1.82) is 0 Å². The zero-order chi connectivity index (χ0) is 16.0. The molecule has 1 aromatic rings. The average molecular weight is 316 g/mol. The Hall–Kier alpha value is -1.83. The monoisotopic (exact) mass is 316 g/mol. The highest BCUT2D eigenvalue weighted by atomic mass is 19.4. The first kappa shape index (κ1) is 15.1. The van der Waals surface area contributed by atoms with Crippen LogP contribution in [0.4, 0.5) is 19.0 Å². The minimum Gasteiger partial charge on any atom is -0.481 e. The molecular weight excluding hydrogens is 301 g/mol. The Kier molecular flexibility index (Phi) is 3.51. The molecule has 2 atom stereocenters. The summed E-state index contributed by atoms with van der Waals surface area (Å²) in [7, 11) is 0. The number of alkyl halides is 3. The number of hydrogen-bond acceptors (Lipinski definition) is 4. The summed E-state index contributed by atoms with van der Waals surface area (Å²) in [4.78, 5) is 17.2. The zero-order valence-corrected chi connectivity index (χ0v) is 11.6. The van der Waals surface area contributed by atoms with Gasteiger partial charge in [0.2, 0.25) is 0 Å². The summed E-state index contributed by atoms with van der Waals surface area (Å²) in [6.07, 6.45) is -3.02. The summed E-state index contributed by atoms with van der Waals surface area (Å²) >= 11 is 0. The summed E-state index contributed by atoms with van der Waals surface area (Å²) < 4.78 is 43.0. The first-order chi connectivity index (χ1) is 10.3. The quantitative estimate of drug-likeness (QED) is 0.904. The van der Waals surface area contributed by atoms with Gasteiger partial charge < -0.3 is 14.7 Å². The van der Waals surface area contributed by atoms with E-state index in [1.807, 2.05) is 0 Å². The Bertz CT molecular complexity index is 576. The fourth-order valence-corrected chi connectivity index (χ4v) is 3.21. The van der Waals surface area contributed by atoms with Gasteiger partial charge in [-0.2, -0.15) is 13.2 Å². The summed E-state index contributed by atoms with van der Waals surface area (Å²) in [5, 5.41) is 9.54. The van der Waals surface area contributed by atoms with Crippen LogP contribution in [0, 0.1) is 11.3 Å². The fraction of sp³-hybridized carbons (Fsp3) is 0.571. The molecular formula is C14H15F3N2O3. The third-order valence-corrected chi connectivity index (χ3v) is 4.49. The number of carbonyl (C=O) groups is 1. The predicted octanol–water partition coefficient (Wildman–Crippen LogP) is 2.03. The van der Waals surface area contributed by atoms with E-state index < -0.39 is 23.1 Å². The minimum absolute atomic E-state index is 0.0807. The highest BCUT2D eigenvalue weighted by Crippen LogP contribution is 2.43.